The Kier molecular flexibility index (Phi) is 7.63. The largest absolute Gasteiger partial charge is 0.396 e. The first-order valence-electron chi connectivity index (χ1n) is 12.2. The van der Waals surface area contributed by atoms with Crippen LogP contribution in [0.1, 0.15) is 37.4 Å². The number of aryl methyl sites for hydroxylation is 1. The molecule has 3 heterocycles. The number of piperidine rings is 1. The predicted molar refractivity (Wildman–Crippen MR) is 132 cm³/mol. The van der Waals surface area contributed by atoms with Crippen molar-refractivity contribution in [2.45, 2.75) is 44.8 Å². The zero-order valence-electron chi connectivity index (χ0n) is 20.3. The number of aromatic nitrogens is 3. The highest BCUT2D eigenvalue weighted by Gasteiger charge is 2.51. The van der Waals surface area contributed by atoms with Gasteiger partial charge in [-0.3, -0.25) is 14.3 Å². The average molecular weight is 483 g/mol. The van der Waals surface area contributed by atoms with Crippen molar-refractivity contribution in [3.8, 4) is 0 Å². The lowest BCUT2D eigenvalue weighted by atomic mass is 9.82. The number of carbonyl (C=O) groups is 2. The van der Waals surface area contributed by atoms with E-state index in [2.05, 4.69) is 20.9 Å². The number of rotatable bonds is 9. The zero-order valence-corrected chi connectivity index (χ0v) is 20.3. The van der Waals surface area contributed by atoms with Crippen LogP contribution in [0.3, 0.4) is 0 Å². The lowest BCUT2D eigenvalue weighted by molar-refractivity contribution is -0.139. The fraction of sp³-hybridized carbons (Fsp3) is 0.520. The molecular weight excluding hydrogens is 448 g/mol. The number of amides is 2. The Hall–Kier alpha value is -3.08. The van der Waals surface area contributed by atoms with Crippen LogP contribution in [0.25, 0.3) is 0 Å². The molecule has 1 fully saturated rings. The van der Waals surface area contributed by atoms with E-state index in [0.717, 1.165) is 25.1 Å². The molecule has 1 aromatic heterocycles. The number of likely N-dealkylation sites (N-methyl/N-ethyl adjacent to an activating group) is 1. The van der Waals surface area contributed by atoms with Gasteiger partial charge in [0.15, 0.2) is 5.60 Å². The van der Waals surface area contributed by atoms with Crippen molar-refractivity contribution in [3.63, 3.8) is 0 Å². The van der Waals surface area contributed by atoms with Gasteiger partial charge in [-0.25, -0.2) is 0 Å². The second-order valence-corrected chi connectivity index (χ2v) is 9.35. The minimum atomic E-state index is -1.73. The second-order valence-electron chi connectivity index (χ2n) is 9.35. The van der Waals surface area contributed by atoms with Gasteiger partial charge in [0.2, 0.25) is 5.91 Å². The van der Waals surface area contributed by atoms with Gasteiger partial charge in [0.25, 0.3) is 5.91 Å². The smallest absolute Gasteiger partial charge is 0.264 e. The molecule has 188 valence electrons. The van der Waals surface area contributed by atoms with Crippen LogP contribution >= 0.6 is 0 Å². The highest BCUT2D eigenvalue weighted by atomic mass is 16.3. The summed E-state index contributed by atoms with van der Waals surface area (Å²) in [7, 11) is 1.65. The van der Waals surface area contributed by atoms with Crippen LogP contribution < -0.4 is 15.5 Å². The maximum absolute atomic E-state index is 13.1. The van der Waals surface area contributed by atoms with Gasteiger partial charge in [-0.15, -0.1) is 5.10 Å². The Balaban J connectivity index is 1.46. The van der Waals surface area contributed by atoms with E-state index in [9.17, 15) is 14.7 Å². The first kappa shape index (κ1) is 25.0. The van der Waals surface area contributed by atoms with Gasteiger partial charge < -0.3 is 25.7 Å². The number of allylic oxidation sites excluding steroid dienone is 1. The van der Waals surface area contributed by atoms with Crippen molar-refractivity contribution in [1.29, 1.82) is 0 Å². The van der Waals surface area contributed by atoms with Crippen LogP contribution in [0.2, 0.25) is 0 Å². The van der Waals surface area contributed by atoms with E-state index in [4.69, 9.17) is 5.11 Å². The fourth-order valence-electron chi connectivity index (χ4n) is 4.78. The maximum Gasteiger partial charge on any atom is 0.264 e. The monoisotopic (exact) mass is 482 g/mol. The molecule has 2 aromatic rings. The zero-order chi connectivity index (χ0) is 25.0. The van der Waals surface area contributed by atoms with Gasteiger partial charge in [0, 0.05) is 56.5 Å². The number of aliphatic hydroxyl groups excluding tert-OH is 1. The molecule has 3 atom stereocenters. The van der Waals surface area contributed by atoms with Gasteiger partial charge in [-0.2, -0.15) is 0 Å². The Morgan fingerprint density at radius 3 is 3.00 bits per heavy atom. The van der Waals surface area contributed by atoms with Gasteiger partial charge in [0.1, 0.15) is 0 Å². The molecule has 0 radical (unpaired) electrons. The number of hydrogen-bond donors (Lipinski definition) is 4. The van der Waals surface area contributed by atoms with E-state index in [0.29, 0.717) is 42.9 Å². The number of carbonyl (C=O) groups excluding carboxylic acids is 2. The van der Waals surface area contributed by atoms with Crippen LogP contribution in [0, 0.1) is 11.8 Å². The average Bonchev–Trinajstić information content (AvgIpc) is 3.39. The van der Waals surface area contributed by atoms with Crippen LogP contribution in [0.15, 0.2) is 36.5 Å². The van der Waals surface area contributed by atoms with Crippen molar-refractivity contribution in [3.05, 3.63) is 47.8 Å². The summed E-state index contributed by atoms with van der Waals surface area (Å²) < 4.78 is 1.70. The molecule has 10 nitrogen and oxygen atoms in total. The molecule has 1 unspecified atom stereocenters. The maximum atomic E-state index is 13.1. The first-order valence-corrected chi connectivity index (χ1v) is 12.2. The summed E-state index contributed by atoms with van der Waals surface area (Å²) in [5.74, 6) is -1.03. The number of nitrogens with one attached hydrogen (secondary N) is 2. The van der Waals surface area contributed by atoms with Crippen LogP contribution in [-0.4, -0.2) is 63.8 Å². The third kappa shape index (κ3) is 5.14. The molecular formula is C25H34N6O4. The minimum Gasteiger partial charge on any atom is -0.396 e. The van der Waals surface area contributed by atoms with Gasteiger partial charge >= 0.3 is 0 Å². The van der Waals surface area contributed by atoms with E-state index in [1.54, 1.807) is 36.1 Å². The number of hydrogen-bond acceptors (Lipinski definition) is 7. The molecule has 35 heavy (non-hydrogen) atoms. The van der Waals surface area contributed by atoms with E-state index in [1.165, 1.54) is 4.90 Å². The van der Waals surface area contributed by atoms with Crippen molar-refractivity contribution in [2.75, 3.05) is 37.0 Å². The lowest BCUT2D eigenvalue weighted by Crippen LogP contribution is -2.43. The highest BCUT2D eigenvalue weighted by Crippen LogP contribution is 2.45. The Labute approximate surface area is 205 Å². The molecule has 4 N–H and O–H groups in total. The van der Waals surface area contributed by atoms with E-state index in [1.807, 2.05) is 19.1 Å². The number of anilines is 2. The Bertz CT molecular complexity index is 1090. The summed E-state index contributed by atoms with van der Waals surface area (Å²) in [6.07, 6.45) is 8.47. The molecule has 4 rings (SSSR count). The molecule has 0 spiro atoms. The minimum absolute atomic E-state index is 0.0296. The normalized spacial score (nSPS) is 23.0. The fourth-order valence-corrected chi connectivity index (χ4v) is 4.78. The van der Waals surface area contributed by atoms with Gasteiger partial charge in [-0.1, -0.05) is 24.3 Å². The molecule has 0 bridgehead atoms. The number of benzene rings is 1. The topological polar surface area (TPSA) is 133 Å². The molecule has 10 heteroatoms. The van der Waals surface area contributed by atoms with Crippen LogP contribution in [-0.2, 0) is 28.2 Å². The predicted octanol–water partition coefficient (Wildman–Crippen LogP) is 1.20. The summed E-state index contributed by atoms with van der Waals surface area (Å²) in [4.78, 5) is 27.3. The molecule has 2 aliphatic heterocycles. The Morgan fingerprint density at radius 1 is 1.43 bits per heavy atom. The summed E-state index contributed by atoms with van der Waals surface area (Å²) >= 11 is 0. The number of fused-ring (bicyclic) bond motifs is 1. The second kappa shape index (κ2) is 10.7. The first-order chi connectivity index (χ1) is 16.8. The summed E-state index contributed by atoms with van der Waals surface area (Å²) in [6.45, 7) is 4.02. The van der Waals surface area contributed by atoms with Gasteiger partial charge in [-0.05, 0) is 44.0 Å². The molecule has 1 saturated heterocycles. The third-order valence-electron chi connectivity index (χ3n) is 6.90. The molecule has 0 aliphatic carbocycles. The standard InChI is InChI=1S/C25H34N6O4/c1-17(6-3-4-12-31-16-20(10-13-32)28-29-31)25(35)21-14-19(8-9-22(21)30(2)24(25)34)27-23(33)18-7-5-11-26-15-18/h3,6,8-9,14,16-18,26,32,35H,4-5,7,10-13,15H2,1-2H3,(H,27,33)/b6-3+/t17-,18?,25+/m1/s1. The SMILES string of the molecule is C[C@H](/C=C/CCn1cc(CCO)nn1)[C@@]1(O)C(=O)N(C)c2ccc(NC(=O)C3CCCNC3)cc21. The summed E-state index contributed by atoms with van der Waals surface area (Å²) in [5.41, 5.74) is 0.704. The van der Waals surface area contributed by atoms with Crippen molar-refractivity contribution in [1.82, 2.24) is 20.3 Å². The van der Waals surface area contributed by atoms with Gasteiger partial charge in [0.05, 0.1) is 17.3 Å². The van der Waals surface area contributed by atoms with E-state index in [-0.39, 0.29) is 18.4 Å². The van der Waals surface area contributed by atoms with Crippen LogP contribution in [0.4, 0.5) is 11.4 Å². The van der Waals surface area contributed by atoms with E-state index < -0.39 is 17.4 Å². The number of nitrogens with zero attached hydrogens (tertiary/aromatic N) is 4. The molecule has 0 saturated carbocycles. The number of aliphatic hydroxyl groups is 2. The summed E-state index contributed by atoms with van der Waals surface area (Å²) in [6, 6.07) is 5.25. The highest BCUT2D eigenvalue weighted by molar-refractivity contribution is 6.07. The molecule has 1 aromatic carbocycles. The van der Waals surface area contributed by atoms with Crippen molar-refractivity contribution >= 4 is 23.2 Å². The summed E-state index contributed by atoms with van der Waals surface area (Å²) in [5, 5.41) is 34.9. The van der Waals surface area contributed by atoms with E-state index >= 15 is 0 Å². The third-order valence-corrected chi connectivity index (χ3v) is 6.90. The Morgan fingerprint density at radius 2 is 2.26 bits per heavy atom. The molecule has 2 amide bonds. The van der Waals surface area contributed by atoms with Crippen molar-refractivity contribution < 1.29 is 19.8 Å². The van der Waals surface area contributed by atoms with Crippen molar-refractivity contribution in [2.24, 2.45) is 11.8 Å². The van der Waals surface area contributed by atoms with Crippen LogP contribution in [0.5, 0.6) is 0 Å². The quantitative estimate of drug-likeness (QED) is 0.395. The molecule has 2 aliphatic rings. The lowest BCUT2D eigenvalue weighted by Gasteiger charge is -2.27.